The predicted octanol–water partition coefficient (Wildman–Crippen LogP) is 4.38. The topological polar surface area (TPSA) is 59.1 Å². The summed E-state index contributed by atoms with van der Waals surface area (Å²) in [6.45, 7) is 2.14. The summed E-state index contributed by atoms with van der Waals surface area (Å²) in [5.74, 6) is 0. The van der Waals surface area contributed by atoms with E-state index in [4.69, 9.17) is 0 Å². The highest BCUT2D eigenvalue weighted by Gasteiger charge is 2.15. The number of unbranched alkanes of at least 4 members (excludes halogenated alkanes) is 1. The second-order valence-corrected chi connectivity index (χ2v) is 7.41. The maximum Gasteiger partial charge on any atom is 0.261 e. The molecule has 0 unspecified atom stereocenters. The molecule has 0 radical (unpaired) electrons. The number of anilines is 1. The monoisotopic (exact) mass is 340 g/mol. The Balaban J connectivity index is 1.88. The van der Waals surface area contributed by atoms with Crippen molar-refractivity contribution in [3.8, 4) is 0 Å². The quantitative estimate of drug-likeness (QED) is 0.724. The molecule has 1 heterocycles. The van der Waals surface area contributed by atoms with Crippen molar-refractivity contribution >= 4 is 26.6 Å². The van der Waals surface area contributed by atoms with Crippen LogP contribution < -0.4 is 4.72 Å². The lowest BCUT2D eigenvalue weighted by molar-refractivity contribution is 0.601. The van der Waals surface area contributed by atoms with E-state index in [1.807, 2.05) is 24.3 Å². The molecule has 5 heteroatoms. The third-order valence-corrected chi connectivity index (χ3v) is 5.32. The van der Waals surface area contributed by atoms with Gasteiger partial charge in [0.15, 0.2) is 0 Å². The van der Waals surface area contributed by atoms with Crippen LogP contribution >= 0.6 is 0 Å². The van der Waals surface area contributed by atoms with Crippen molar-refractivity contribution in [2.75, 3.05) is 4.72 Å². The van der Waals surface area contributed by atoms with Gasteiger partial charge in [-0.3, -0.25) is 9.71 Å². The molecule has 0 aliphatic heterocycles. The van der Waals surface area contributed by atoms with E-state index in [0.717, 1.165) is 35.7 Å². The van der Waals surface area contributed by atoms with Crippen LogP contribution in [0.5, 0.6) is 0 Å². The number of sulfonamides is 1. The summed E-state index contributed by atoms with van der Waals surface area (Å²) in [5, 5.41) is 0.781. The summed E-state index contributed by atoms with van der Waals surface area (Å²) >= 11 is 0. The number of benzene rings is 2. The highest BCUT2D eigenvalue weighted by atomic mass is 32.2. The first-order valence-electron chi connectivity index (χ1n) is 8.05. The van der Waals surface area contributed by atoms with Gasteiger partial charge in [0.1, 0.15) is 0 Å². The first-order chi connectivity index (χ1) is 11.6. The van der Waals surface area contributed by atoms with Gasteiger partial charge in [-0.1, -0.05) is 31.5 Å². The number of aromatic nitrogens is 1. The van der Waals surface area contributed by atoms with Gasteiger partial charge in [-0.2, -0.15) is 0 Å². The first kappa shape index (κ1) is 16.5. The van der Waals surface area contributed by atoms with E-state index in [-0.39, 0.29) is 4.90 Å². The van der Waals surface area contributed by atoms with Gasteiger partial charge >= 0.3 is 0 Å². The van der Waals surface area contributed by atoms with Crippen LogP contribution in [0.4, 0.5) is 5.69 Å². The van der Waals surface area contributed by atoms with Gasteiger partial charge < -0.3 is 0 Å². The molecule has 1 N–H and O–H groups in total. The van der Waals surface area contributed by atoms with E-state index >= 15 is 0 Å². The number of hydrogen-bond donors (Lipinski definition) is 1. The maximum absolute atomic E-state index is 12.6. The molecule has 0 fully saturated rings. The summed E-state index contributed by atoms with van der Waals surface area (Å²) in [7, 11) is -3.62. The summed E-state index contributed by atoms with van der Waals surface area (Å²) < 4.78 is 28.0. The van der Waals surface area contributed by atoms with Crippen LogP contribution in [0.1, 0.15) is 25.3 Å². The number of hydrogen-bond acceptors (Lipinski definition) is 3. The second-order valence-electron chi connectivity index (χ2n) is 5.73. The Labute approximate surface area is 142 Å². The van der Waals surface area contributed by atoms with Crippen molar-refractivity contribution in [1.82, 2.24) is 4.98 Å². The fourth-order valence-corrected chi connectivity index (χ4v) is 3.69. The number of nitrogens with zero attached hydrogens (tertiary/aromatic N) is 1. The molecule has 0 saturated heterocycles. The van der Waals surface area contributed by atoms with Crippen molar-refractivity contribution in [2.24, 2.45) is 0 Å². The Hall–Kier alpha value is -2.40. The fraction of sp³-hybridized carbons (Fsp3) is 0.211. The summed E-state index contributed by atoms with van der Waals surface area (Å²) in [5.41, 5.74) is 2.45. The Bertz CT molecular complexity index is 930. The summed E-state index contributed by atoms with van der Waals surface area (Å²) in [4.78, 5) is 4.52. The molecule has 0 bridgehead atoms. The van der Waals surface area contributed by atoms with Gasteiger partial charge in [-0.05, 0) is 54.8 Å². The smallest absolute Gasteiger partial charge is 0.261 e. The van der Waals surface area contributed by atoms with E-state index in [1.54, 1.807) is 36.5 Å². The lowest BCUT2D eigenvalue weighted by atomic mass is 10.1. The SMILES string of the molecule is CCCCc1ccc(S(=O)(=O)Nc2cccc3ncccc23)cc1. The summed E-state index contributed by atoms with van der Waals surface area (Å²) in [6, 6.07) is 16.1. The van der Waals surface area contributed by atoms with Crippen LogP contribution in [0.25, 0.3) is 10.9 Å². The summed E-state index contributed by atoms with van der Waals surface area (Å²) in [6.07, 6.45) is 4.89. The first-order valence-corrected chi connectivity index (χ1v) is 9.54. The largest absolute Gasteiger partial charge is 0.279 e. The molecule has 4 nitrogen and oxygen atoms in total. The Kier molecular flexibility index (Phi) is 4.81. The van der Waals surface area contributed by atoms with Crippen LogP contribution in [0.2, 0.25) is 0 Å². The average Bonchev–Trinajstić information content (AvgIpc) is 2.60. The highest BCUT2D eigenvalue weighted by Crippen LogP contribution is 2.24. The lowest BCUT2D eigenvalue weighted by Crippen LogP contribution is -2.13. The van der Waals surface area contributed by atoms with E-state index in [2.05, 4.69) is 16.6 Å². The average molecular weight is 340 g/mol. The number of nitrogens with one attached hydrogen (secondary N) is 1. The number of rotatable bonds is 6. The second kappa shape index (κ2) is 7.01. The molecule has 3 aromatic rings. The Morgan fingerprint density at radius 3 is 2.54 bits per heavy atom. The lowest BCUT2D eigenvalue weighted by Gasteiger charge is -2.11. The van der Waals surface area contributed by atoms with Crippen molar-refractivity contribution in [2.45, 2.75) is 31.1 Å². The molecule has 0 aliphatic carbocycles. The van der Waals surface area contributed by atoms with Crippen LogP contribution in [-0.4, -0.2) is 13.4 Å². The molecule has 124 valence electrons. The molecule has 0 saturated carbocycles. The van der Waals surface area contributed by atoms with Gasteiger partial charge in [-0.25, -0.2) is 8.42 Å². The van der Waals surface area contributed by atoms with E-state index < -0.39 is 10.0 Å². The zero-order valence-electron chi connectivity index (χ0n) is 13.6. The molecule has 1 aromatic heterocycles. The molecule has 24 heavy (non-hydrogen) atoms. The van der Waals surface area contributed by atoms with E-state index in [9.17, 15) is 8.42 Å². The van der Waals surface area contributed by atoms with Gasteiger partial charge in [0.05, 0.1) is 16.1 Å². The highest BCUT2D eigenvalue weighted by molar-refractivity contribution is 7.92. The zero-order valence-corrected chi connectivity index (χ0v) is 14.4. The number of aryl methyl sites for hydroxylation is 1. The zero-order chi connectivity index (χ0) is 17.0. The Morgan fingerprint density at radius 1 is 1.00 bits per heavy atom. The van der Waals surface area contributed by atoms with Crippen LogP contribution in [0, 0.1) is 0 Å². The van der Waals surface area contributed by atoms with E-state index in [1.165, 1.54) is 0 Å². The normalized spacial score (nSPS) is 11.5. The predicted molar refractivity (Wildman–Crippen MR) is 97.6 cm³/mol. The minimum Gasteiger partial charge on any atom is -0.279 e. The molecule has 0 aliphatic rings. The van der Waals surface area contributed by atoms with Gasteiger partial charge in [0, 0.05) is 11.6 Å². The standard InChI is InChI=1S/C19H20N2O2S/c1-2-3-6-15-10-12-16(13-11-15)24(22,23)21-19-9-4-8-18-17(19)7-5-14-20-18/h4-5,7-14,21H,2-3,6H2,1H3. The molecular formula is C19H20N2O2S. The Morgan fingerprint density at radius 2 is 1.79 bits per heavy atom. The van der Waals surface area contributed by atoms with Crippen molar-refractivity contribution in [1.29, 1.82) is 0 Å². The van der Waals surface area contributed by atoms with Crippen molar-refractivity contribution in [3.63, 3.8) is 0 Å². The third kappa shape index (κ3) is 3.57. The minimum absolute atomic E-state index is 0.267. The van der Waals surface area contributed by atoms with E-state index in [0.29, 0.717) is 5.69 Å². The molecule has 0 atom stereocenters. The van der Waals surface area contributed by atoms with Crippen molar-refractivity contribution in [3.05, 3.63) is 66.4 Å². The van der Waals surface area contributed by atoms with Crippen LogP contribution in [0.3, 0.4) is 0 Å². The molecular weight excluding hydrogens is 320 g/mol. The van der Waals surface area contributed by atoms with Gasteiger partial charge in [-0.15, -0.1) is 0 Å². The number of pyridine rings is 1. The van der Waals surface area contributed by atoms with Crippen molar-refractivity contribution < 1.29 is 8.42 Å². The molecule has 2 aromatic carbocycles. The minimum atomic E-state index is -3.62. The molecule has 0 amide bonds. The molecule has 3 rings (SSSR count). The number of fused-ring (bicyclic) bond motifs is 1. The fourth-order valence-electron chi connectivity index (χ4n) is 2.61. The van der Waals surface area contributed by atoms with Crippen LogP contribution in [-0.2, 0) is 16.4 Å². The van der Waals surface area contributed by atoms with Gasteiger partial charge in [0.2, 0.25) is 0 Å². The third-order valence-electron chi connectivity index (χ3n) is 3.94. The molecule has 0 spiro atoms. The van der Waals surface area contributed by atoms with Crippen LogP contribution in [0.15, 0.2) is 65.7 Å². The maximum atomic E-state index is 12.6. The van der Waals surface area contributed by atoms with Gasteiger partial charge in [0.25, 0.3) is 10.0 Å².